The predicted octanol–water partition coefficient (Wildman–Crippen LogP) is 4.13. The highest BCUT2D eigenvalue weighted by molar-refractivity contribution is 7.07. The molecule has 0 unspecified atom stereocenters. The smallest absolute Gasteiger partial charge is 0.380 e. The summed E-state index contributed by atoms with van der Waals surface area (Å²) >= 11 is 0. The minimum absolute atomic E-state index is 0.457. The van der Waals surface area contributed by atoms with Crippen molar-refractivity contribution < 1.29 is 4.53 Å². The molecule has 0 aliphatic rings. The molecule has 4 heteroatoms. The lowest BCUT2D eigenvalue weighted by molar-refractivity contribution is 0.345. The largest absolute Gasteiger partial charge is 0.438 e. The molecule has 0 atom stereocenters. The molecular weight excluding hydrogens is 372 g/mol. The maximum atomic E-state index is 9.01. The number of nitrogens with zero attached hydrogens (tertiary/aromatic N) is 2. The van der Waals surface area contributed by atoms with E-state index in [1.165, 1.54) is 0 Å². The van der Waals surface area contributed by atoms with Crippen molar-refractivity contribution in [1.29, 1.82) is 5.26 Å². The molecule has 0 radical (unpaired) electrons. The predicted molar refractivity (Wildman–Crippen MR) is 122 cm³/mol. The first-order chi connectivity index (χ1) is 14.3. The van der Waals surface area contributed by atoms with Crippen LogP contribution in [0, 0.1) is 11.3 Å². The van der Waals surface area contributed by atoms with Crippen molar-refractivity contribution in [2.45, 2.75) is 32.6 Å². The van der Waals surface area contributed by atoms with Gasteiger partial charge in [0, 0.05) is 12.8 Å². The Hall–Kier alpha value is -3.16. The number of oxime groups is 1. The molecule has 0 saturated carbocycles. The van der Waals surface area contributed by atoms with E-state index in [9.17, 15) is 0 Å². The standard InChI is InChI=1S/C25H26N2OSi/c1-2-13-22(14-12-21-26)27-28-29(23-15-6-3-7-16-23,24-17-8-4-9-18-24)25-19-10-5-11-20-25/h3-11,15-20H,2,12-14H2,1H3. The van der Waals surface area contributed by atoms with Gasteiger partial charge in [-0.3, -0.25) is 0 Å². The van der Waals surface area contributed by atoms with Crippen molar-refractivity contribution >= 4 is 29.6 Å². The van der Waals surface area contributed by atoms with Gasteiger partial charge in [-0.1, -0.05) is 104 Å². The van der Waals surface area contributed by atoms with Gasteiger partial charge in [0.2, 0.25) is 0 Å². The molecule has 3 rings (SSSR count). The maximum Gasteiger partial charge on any atom is 0.380 e. The van der Waals surface area contributed by atoms with Crippen LogP contribution in [-0.4, -0.2) is 14.0 Å². The number of benzene rings is 3. The van der Waals surface area contributed by atoms with Crippen molar-refractivity contribution in [3.8, 4) is 6.07 Å². The molecule has 29 heavy (non-hydrogen) atoms. The zero-order chi connectivity index (χ0) is 20.4. The van der Waals surface area contributed by atoms with Gasteiger partial charge >= 0.3 is 8.32 Å². The zero-order valence-electron chi connectivity index (χ0n) is 16.8. The van der Waals surface area contributed by atoms with Gasteiger partial charge < -0.3 is 4.53 Å². The normalized spacial score (nSPS) is 11.7. The summed E-state index contributed by atoms with van der Waals surface area (Å²) < 4.78 is 6.62. The summed E-state index contributed by atoms with van der Waals surface area (Å²) in [6, 6.07) is 33.4. The van der Waals surface area contributed by atoms with Crippen molar-refractivity contribution in [2.75, 3.05) is 0 Å². The van der Waals surface area contributed by atoms with Crippen molar-refractivity contribution in [2.24, 2.45) is 5.16 Å². The number of nitriles is 1. The van der Waals surface area contributed by atoms with Crippen LogP contribution in [0.15, 0.2) is 96.2 Å². The van der Waals surface area contributed by atoms with Crippen LogP contribution < -0.4 is 15.6 Å². The van der Waals surface area contributed by atoms with Gasteiger partial charge in [0.1, 0.15) is 0 Å². The first kappa shape index (κ1) is 20.6. The molecule has 0 fully saturated rings. The summed E-state index contributed by atoms with van der Waals surface area (Å²) in [5.41, 5.74) is 0.953. The summed E-state index contributed by atoms with van der Waals surface area (Å²) in [4.78, 5) is 0. The minimum Gasteiger partial charge on any atom is -0.438 e. The Bertz CT molecular complexity index is 854. The lowest BCUT2D eigenvalue weighted by Crippen LogP contribution is -2.68. The third-order valence-electron chi connectivity index (χ3n) is 4.92. The molecule has 3 aromatic carbocycles. The van der Waals surface area contributed by atoms with E-state index < -0.39 is 8.32 Å². The number of rotatable bonds is 9. The Morgan fingerprint density at radius 3 is 1.62 bits per heavy atom. The lowest BCUT2D eigenvalue weighted by atomic mass is 10.1. The minimum atomic E-state index is -2.83. The molecule has 0 heterocycles. The van der Waals surface area contributed by atoms with Gasteiger partial charge in [-0.05, 0) is 22.0 Å². The van der Waals surface area contributed by atoms with E-state index in [1.54, 1.807) is 0 Å². The summed E-state index contributed by atoms with van der Waals surface area (Å²) in [7, 11) is -2.83. The lowest BCUT2D eigenvalue weighted by Gasteiger charge is -2.30. The molecule has 0 saturated heterocycles. The van der Waals surface area contributed by atoms with Crippen molar-refractivity contribution in [1.82, 2.24) is 0 Å². The summed E-state index contributed by atoms with van der Waals surface area (Å²) in [6.45, 7) is 2.12. The second-order valence-corrected chi connectivity index (χ2v) is 10.2. The molecule has 3 aromatic rings. The highest BCUT2D eigenvalue weighted by Gasteiger charge is 2.44. The van der Waals surface area contributed by atoms with Crippen LogP contribution in [0.4, 0.5) is 0 Å². The molecule has 0 spiro atoms. The molecule has 3 nitrogen and oxygen atoms in total. The van der Waals surface area contributed by atoms with Crippen LogP contribution in [0.25, 0.3) is 0 Å². The van der Waals surface area contributed by atoms with Gasteiger partial charge in [0.05, 0.1) is 11.8 Å². The van der Waals surface area contributed by atoms with Crippen molar-refractivity contribution in [3.63, 3.8) is 0 Å². The van der Waals surface area contributed by atoms with E-state index >= 15 is 0 Å². The SMILES string of the molecule is CCCC(CCC#N)=NO[Si](c1ccccc1)(c1ccccc1)c1ccccc1. The Morgan fingerprint density at radius 2 is 1.24 bits per heavy atom. The molecule has 0 bridgehead atoms. The fourth-order valence-electron chi connectivity index (χ4n) is 3.51. The molecule has 0 aromatic heterocycles. The summed E-state index contributed by atoms with van der Waals surface area (Å²) in [5.74, 6) is 0. The van der Waals surface area contributed by atoms with Crippen LogP contribution in [0.3, 0.4) is 0 Å². The van der Waals surface area contributed by atoms with Crippen LogP contribution >= 0.6 is 0 Å². The van der Waals surface area contributed by atoms with E-state index in [0.29, 0.717) is 12.8 Å². The second kappa shape index (κ2) is 10.4. The summed E-state index contributed by atoms with van der Waals surface area (Å²) in [5, 5.41) is 17.1. The molecule has 0 N–H and O–H groups in total. The monoisotopic (exact) mass is 398 g/mol. The molecule has 0 aliphatic carbocycles. The van der Waals surface area contributed by atoms with Gasteiger partial charge in [-0.2, -0.15) is 5.26 Å². The average molecular weight is 399 g/mol. The molecule has 0 amide bonds. The van der Waals surface area contributed by atoms with E-state index in [0.717, 1.165) is 34.1 Å². The topological polar surface area (TPSA) is 45.4 Å². The summed E-state index contributed by atoms with van der Waals surface area (Å²) in [6.07, 6.45) is 2.92. The molecule has 0 aliphatic heterocycles. The average Bonchev–Trinajstić information content (AvgIpc) is 2.80. The Kier molecular flexibility index (Phi) is 7.38. The van der Waals surface area contributed by atoms with Crippen LogP contribution in [0.2, 0.25) is 0 Å². The zero-order valence-corrected chi connectivity index (χ0v) is 17.8. The Balaban J connectivity index is 2.18. The van der Waals surface area contributed by atoms with Crippen LogP contribution in [-0.2, 0) is 4.53 Å². The number of hydrogen-bond acceptors (Lipinski definition) is 3. The van der Waals surface area contributed by atoms with Gasteiger partial charge in [0.15, 0.2) is 0 Å². The van der Waals surface area contributed by atoms with Crippen LogP contribution in [0.1, 0.15) is 32.6 Å². The maximum absolute atomic E-state index is 9.01. The first-order valence-corrected chi connectivity index (χ1v) is 12.0. The highest BCUT2D eigenvalue weighted by atomic mass is 28.4. The fourth-order valence-corrected chi connectivity index (χ4v) is 7.08. The molecule has 146 valence electrons. The van der Waals surface area contributed by atoms with E-state index in [2.05, 4.69) is 90.9 Å². The number of hydrogen-bond donors (Lipinski definition) is 0. The first-order valence-electron chi connectivity index (χ1n) is 10.1. The molecular formula is C25H26N2OSi. The Morgan fingerprint density at radius 1 is 0.793 bits per heavy atom. The highest BCUT2D eigenvalue weighted by Crippen LogP contribution is 2.12. The third kappa shape index (κ3) is 4.82. The van der Waals surface area contributed by atoms with Crippen LogP contribution in [0.5, 0.6) is 0 Å². The third-order valence-corrected chi connectivity index (χ3v) is 8.72. The quantitative estimate of drug-likeness (QED) is 0.235. The Labute approximate surface area is 174 Å². The van der Waals surface area contributed by atoms with Gasteiger partial charge in [-0.15, -0.1) is 5.16 Å². The van der Waals surface area contributed by atoms with E-state index in [4.69, 9.17) is 9.79 Å². The van der Waals surface area contributed by atoms with E-state index in [1.807, 2.05) is 18.2 Å². The van der Waals surface area contributed by atoms with Gasteiger partial charge in [0.25, 0.3) is 0 Å². The van der Waals surface area contributed by atoms with Crippen molar-refractivity contribution in [3.05, 3.63) is 91.0 Å². The van der Waals surface area contributed by atoms with Gasteiger partial charge in [-0.25, -0.2) is 0 Å². The fraction of sp³-hybridized carbons (Fsp3) is 0.200. The van der Waals surface area contributed by atoms with E-state index in [-0.39, 0.29) is 0 Å². The second-order valence-electron chi connectivity index (χ2n) is 6.94.